The van der Waals surface area contributed by atoms with Gasteiger partial charge in [0.2, 0.25) is 5.91 Å². The summed E-state index contributed by atoms with van der Waals surface area (Å²) in [5, 5.41) is 5.97. The van der Waals surface area contributed by atoms with Crippen LogP contribution in [0.2, 0.25) is 0 Å². The molecule has 1 aliphatic carbocycles. The number of urea groups is 1. The molecule has 2 heterocycles. The van der Waals surface area contributed by atoms with Crippen LogP contribution in [-0.4, -0.2) is 49.1 Å². The minimum atomic E-state index is 0.0701. The molecule has 28 heavy (non-hydrogen) atoms. The lowest BCUT2D eigenvalue weighted by atomic mass is 9.83. The van der Waals surface area contributed by atoms with Gasteiger partial charge in [-0.15, -0.1) is 0 Å². The number of rotatable bonds is 4. The first-order valence-electron chi connectivity index (χ1n) is 10.9. The average Bonchev–Trinajstić information content (AvgIpc) is 3.23. The molecule has 152 valence electrons. The summed E-state index contributed by atoms with van der Waals surface area (Å²) in [6, 6.07) is 8.70. The molecular formula is C22H32N4O2. The highest BCUT2D eigenvalue weighted by atomic mass is 16.2. The van der Waals surface area contributed by atoms with Crippen LogP contribution in [0.15, 0.2) is 24.3 Å². The molecule has 0 bridgehead atoms. The van der Waals surface area contributed by atoms with Crippen LogP contribution in [0.1, 0.15) is 50.5 Å². The van der Waals surface area contributed by atoms with Gasteiger partial charge in [-0.2, -0.15) is 0 Å². The summed E-state index contributed by atoms with van der Waals surface area (Å²) < 4.78 is 0. The highest BCUT2D eigenvalue weighted by Crippen LogP contribution is 2.34. The van der Waals surface area contributed by atoms with Crippen LogP contribution in [0.25, 0.3) is 0 Å². The predicted octanol–water partition coefficient (Wildman–Crippen LogP) is 2.88. The number of likely N-dealkylation sites (tertiary alicyclic amines) is 1. The van der Waals surface area contributed by atoms with E-state index in [1.807, 2.05) is 24.3 Å². The zero-order valence-electron chi connectivity index (χ0n) is 16.7. The molecule has 3 fully saturated rings. The van der Waals surface area contributed by atoms with Crippen LogP contribution in [0, 0.1) is 5.92 Å². The second-order valence-electron chi connectivity index (χ2n) is 8.40. The molecule has 6 heteroatoms. The van der Waals surface area contributed by atoms with Gasteiger partial charge in [0.1, 0.15) is 0 Å². The van der Waals surface area contributed by atoms with Crippen molar-refractivity contribution in [3.05, 3.63) is 29.8 Å². The van der Waals surface area contributed by atoms with Gasteiger partial charge >= 0.3 is 6.03 Å². The summed E-state index contributed by atoms with van der Waals surface area (Å²) in [5.74, 6) is 0.767. The van der Waals surface area contributed by atoms with Gasteiger partial charge in [-0.05, 0) is 49.3 Å². The predicted molar refractivity (Wildman–Crippen MR) is 110 cm³/mol. The summed E-state index contributed by atoms with van der Waals surface area (Å²) in [5.41, 5.74) is 2.15. The van der Waals surface area contributed by atoms with Gasteiger partial charge in [0.05, 0.1) is 6.54 Å². The number of hydrogen-bond acceptors (Lipinski definition) is 3. The Kier molecular flexibility index (Phi) is 6.03. The fourth-order valence-electron chi connectivity index (χ4n) is 5.02. The second-order valence-corrected chi connectivity index (χ2v) is 8.40. The number of carbonyl (C=O) groups excluding carboxylic acids is 2. The van der Waals surface area contributed by atoms with Crippen molar-refractivity contribution >= 4 is 17.6 Å². The number of amides is 3. The lowest BCUT2D eigenvalue weighted by Crippen LogP contribution is -2.47. The second kappa shape index (κ2) is 8.84. The van der Waals surface area contributed by atoms with Gasteiger partial charge in [-0.25, -0.2) is 4.79 Å². The molecule has 1 saturated carbocycles. The quantitative estimate of drug-likeness (QED) is 0.839. The number of piperazine rings is 1. The molecule has 2 aliphatic heterocycles. The van der Waals surface area contributed by atoms with E-state index in [0.29, 0.717) is 31.6 Å². The van der Waals surface area contributed by atoms with Gasteiger partial charge in [0, 0.05) is 37.9 Å². The Bertz CT molecular complexity index is 684. The van der Waals surface area contributed by atoms with Crippen LogP contribution in [-0.2, 0) is 11.3 Å². The van der Waals surface area contributed by atoms with Crippen LogP contribution < -0.4 is 15.5 Å². The van der Waals surface area contributed by atoms with Crippen LogP contribution in [0.5, 0.6) is 0 Å². The number of nitrogens with zero attached hydrogens (tertiary/aromatic N) is 2. The molecule has 0 aromatic heterocycles. The van der Waals surface area contributed by atoms with Crippen molar-refractivity contribution in [3.8, 4) is 0 Å². The maximum Gasteiger partial charge on any atom is 0.317 e. The van der Waals surface area contributed by atoms with E-state index in [1.165, 1.54) is 32.1 Å². The van der Waals surface area contributed by atoms with Crippen molar-refractivity contribution in [3.63, 3.8) is 0 Å². The molecule has 2 N–H and O–H groups in total. The molecule has 1 aromatic carbocycles. The molecule has 0 spiro atoms. The number of benzene rings is 1. The minimum absolute atomic E-state index is 0.0701. The first kappa shape index (κ1) is 19.1. The van der Waals surface area contributed by atoms with Crippen molar-refractivity contribution in [2.75, 3.05) is 31.1 Å². The Morgan fingerprint density at radius 2 is 1.82 bits per heavy atom. The number of anilines is 1. The van der Waals surface area contributed by atoms with Crippen LogP contribution >= 0.6 is 0 Å². The Hall–Kier alpha value is -2.24. The molecule has 0 unspecified atom stereocenters. The highest BCUT2D eigenvalue weighted by Gasteiger charge is 2.35. The summed E-state index contributed by atoms with van der Waals surface area (Å²) >= 11 is 0. The smallest absolute Gasteiger partial charge is 0.317 e. The first-order valence-corrected chi connectivity index (χ1v) is 10.9. The largest absolute Gasteiger partial charge is 0.360 e. The van der Waals surface area contributed by atoms with Crippen molar-refractivity contribution in [2.45, 2.75) is 57.5 Å². The van der Waals surface area contributed by atoms with Crippen molar-refractivity contribution in [2.24, 2.45) is 5.92 Å². The maximum absolute atomic E-state index is 12.8. The Morgan fingerprint density at radius 3 is 2.57 bits per heavy atom. The standard InChI is InChI=1S/C22H32N4O2/c27-21-16-25(14-12-23-21)19-10-8-17(9-11-19)15-24-22(28)26-13-4-7-20(26)18-5-2-1-3-6-18/h8-11,18,20H,1-7,12-16H2,(H,23,27)(H,24,28)/t20-/m0/s1. The van der Waals surface area contributed by atoms with E-state index in [1.54, 1.807) is 0 Å². The monoisotopic (exact) mass is 384 g/mol. The number of hydrogen-bond donors (Lipinski definition) is 2. The van der Waals surface area contributed by atoms with E-state index in [9.17, 15) is 9.59 Å². The minimum Gasteiger partial charge on any atom is -0.360 e. The third-order valence-corrected chi connectivity index (χ3v) is 6.54. The Morgan fingerprint density at radius 1 is 1.04 bits per heavy atom. The van der Waals surface area contributed by atoms with Crippen LogP contribution in [0.3, 0.4) is 0 Å². The van der Waals surface area contributed by atoms with E-state index in [4.69, 9.17) is 0 Å². The Balaban J connectivity index is 1.30. The molecule has 1 atom stereocenters. The molecule has 4 rings (SSSR count). The van der Waals surface area contributed by atoms with E-state index in [0.717, 1.165) is 37.2 Å². The first-order chi connectivity index (χ1) is 13.7. The number of carbonyl (C=O) groups is 2. The van der Waals surface area contributed by atoms with E-state index < -0.39 is 0 Å². The topological polar surface area (TPSA) is 64.7 Å². The molecule has 1 aromatic rings. The maximum atomic E-state index is 12.8. The third kappa shape index (κ3) is 4.42. The normalized spacial score (nSPS) is 23.6. The summed E-state index contributed by atoms with van der Waals surface area (Å²) in [6.07, 6.45) is 8.86. The molecule has 6 nitrogen and oxygen atoms in total. The number of nitrogens with one attached hydrogen (secondary N) is 2. The van der Waals surface area contributed by atoms with Crippen molar-refractivity contribution < 1.29 is 9.59 Å². The fourth-order valence-corrected chi connectivity index (χ4v) is 5.02. The zero-order valence-corrected chi connectivity index (χ0v) is 16.7. The molecule has 3 amide bonds. The molecule has 2 saturated heterocycles. The van der Waals surface area contributed by atoms with E-state index >= 15 is 0 Å². The summed E-state index contributed by atoms with van der Waals surface area (Å²) in [7, 11) is 0. The molecule has 0 radical (unpaired) electrons. The fraction of sp³-hybridized carbons (Fsp3) is 0.636. The summed E-state index contributed by atoms with van der Waals surface area (Å²) in [6.45, 7) is 3.37. The third-order valence-electron chi connectivity index (χ3n) is 6.54. The van der Waals surface area contributed by atoms with Gasteiger partial charge in [-0.1, -0.05) is 31.4 Å². The van der Waals surface area contributed by atoms with E-state index in [-0.39, 0.29) is 11.9 Å². The van der Waals surface area contributed by atoms with Gasteiger partial charge in [0.15, 0.2) is 0 Å². The highest BCUT2D eigenvalue weighted by molar-refractivity contribution is 5.82. The van der Waals surface area contributed by atoms with Gasteiger partial charge in [-0.3, -0.25) is 4.79 Å². The Labute approximate surface area is 167 Å². The average molecular weight is 385 g/mol. The SMILES string of the molecule is O=C1CN(c2ccc(CNC(=O)N3CCC[C@H]3C3CCCCC3)cc2)CCN1. The van der Waals surface area contributed by atoms with Gasteiger partial charge < -0.3 is 20.4 Å². The molecular weight excluding hydrogens is 352 g/mol. The van der Waals surface area contributed by atoms with Crippen molar-refractivity contribution in [1.29, 1.82) is 0 Å². The molecule has 3 aliphatic rings. The lowest BCUT2D eigenvalue weighted by molar-refractivity contribution is -0.120. The van der Waals surface area contributed by atoms with Crippen LogP contribution in [0.4, 0.5) is 10.5 Å². The summed E-state index contributed by atoms with van der Waals surface area (Å²) in [4.78, 5) is 28.5. The van der Waals surface area contributed by atoms with Crippen molar-refractivity contribution in [1.82, 2.24) is 15.5 Å². The van der Waals surface area contributed by atoms with E-state index in [2.05, 4.69) is 20.4 Å². The lowest BCUT2D eigenvalue weighted by Gasteiger charge is -2.34. The van der Waals surface area contributed by atoms with Gasteiger partial charge in [0.25, 0.3) is 0 Å². The zero-order chi connectivity index (χ0) is 19.3.